The molecule has 2 unspecified atom stereocenters. The van der Waals surface area contributed by atoms with Crippen LogP contribution < -0.4 is 15.8 Å². The number of nitrogens with zero attached hydrogens (tertiary/aromatic N) is 1. The van der Waals surface area contributed by atoms with E-state index in [-0.39, 0.29) is 36.8 Å². The van der Waals surface area contributed by atoms with E-state index in [0.29, 0.717) is 5.75 Å². The number of pyridine rings is 1. The molecule has 5 nitrogen and oxygen atoms in total. The number of para-hydroxylation sites is 1. The second-order valence-corrected chi connectivity index (χ2v) is 5.18. The molecule has 0 aliphatic carbocycles. The fourth-order valence-electron chi connectivity index (χ4n) is 2.27. The highest BCUT2D eigenvalue weighted by Gasteiger charge is 2.21. The first-order valence-electron chi connectivity index (χ1n) is 7.20. The molecule has 0 aliphatic rings. The van der Waals surface area contributed by atoms with Crippen molar-refractivity contribution < 1.29 is 9.53 Å². The van der Waals surface area contributed by atoms with Gasteiger partial charge in [0.2, 0.25) is 5.91 Å². The van der Waals surface area contributed by atoms with Crippen LogP contribution in [0.5, 0.6) is 5.75 Å². The molecule has 0 radical (unpaired) electrons. The van der Waals surface area contributed by atoms with E-state index in [4.69, 9.17) is 10.5 Å². The molecule has 0 aliphatic heterocycles. The fourth-order valence-corrected chi connectivity index (χ4v) is 2.27. The Morgan fingerprint density at radius 2 is 1.96 bits per heavy atom. The molecule has 0 spiro atoms. The highest BCUT2D eigenvalue weighted by Crippen LogP contribution is 2.28. The van der Waals surface area contributed by atoms with Gasteiger partial charge in [-0.05, 0) is 25.1 Å². The van der Waals surface area contributed by atoms with Crippen LogP contribution in [-0.2, 0) is 4.79 Å². The van der Waals surface area contributed by atoms with Crippen molar-refractivity contribution in [3.63, 3.8) is 0 Å². The Hall–Kier alpha value is -2.11. The number of halogens is 1. The molecule has 3 N–H and O–H groups in total. The van der Waals surface area contributed by atoms with Crippen LogP contribution >= 0.6 is 12.4 Å². The second kappa shape index (κ2) is 9.12. The van der Waals surface area contributed by atoms with E-state index < -0.39 is 0 Å². The summed E-state index contributed by atoms with van der Waals surface area (Å²) >= 11 is 0. The van der Waals surface area contributed by atoms with E-state index >= 15 is 0 Å². The number of carbonyl (C=O) groups is 1. The van der Waals surface area contributed by atoms with Crippen molar-refractivity contribution >= 4 is 18.3 Å². The van der Waals surface area contributed by atoms with Crippen LogP contribution in [0.2, 0.25) is 0 Å². The van der Waals surface area contributed by atoms with Crippen LogP contribution in [0, 0.1) is 0 Å². The van der Waals surface area contributed by atoms with Gasteiger partial charge in [-0.3, -0.25) is 9.78 Å². The molecule has 23 heavy (non-hydrogen) atoms. The quantitative estimate of drug-likeness (QED) is 0.850. The van der Waals surface area contributed by atoms with E-state index in [0.717, 1.165) is 11.3 Å². The highest BCUT2D eigenvalue weighted by molar-refractivity contribution is 5.85. The normalized spacial score (nSPS) is 12.7. The molecule has 6 heteroatoms. The topological polar surface area (TPSA) is 77.2 Å². The van der Waals surface area contributed by atoms with Crippen LogP contribution in [0.15, 0.2) is 48.7 Å². The standard InChI is InChI=1S/C17H21N3O2.ClH/c1-12(18)11-16(21)20-17(14-8-5-6-10-19-14)13-7-3-4-9-15(13)22-2;/h3-10,12,17H,11,18H2,1-2H3,(H,20,21);1H. The van der Waals surface area contributed by atoms with Gasteiger partial charge >= 0.3 is 0 Å². The predicted octanol–water partition coefficient (Wildman–Crippen LogP) is 2.45. The second-order valence-electron chi connectivity index (χ2n) is 5.18. The largest absolute Gasteiger partial charge is 0.496 e. The minimum Gasteiger partial charge on any atom is -0.496 e. The maximum atomic E-state index is 12.2. The zero-order valence-electron chi connectivity index (χ0n) is 13.2. The third-order valence-electron chi connectivity index (χ3n) is 3.25. The average Bonchev–Trinajstić information content (AvgIpc) is 2.53. The third-order valence-corrected chi connectivity index (χ3v) is 3.25. The summed E-state index contributed by atoms with van der Waals surface area (Å²) in [6.45, 7) is 1.80. The summed E-state index contributed by atoms with van der Waals surface area (Å²) in [5.74, 6) is 0.593. The smallest absolute Gasteiger partial charge is 0.222 e. The number of nitrogens with two attached hydrogens (primary N) is 1. The molecule has 1 aromatic heterocycles. The lowest BCUT2D eigenvalue weighted by atomic mass is 10.0. The Balaban J connectivity index is 0.00000264. The van der Waals surface area contributed by atoms with Gasteiger partial charge < -0.3 is 15.8 Å². The summed E-state index contributed by atoms with van der Waals surface area (Å²) in [5.41, 5.74) is 7.32. The Morgan fingerprint density at radius 1 is 1.26 bits per heavy atom. The van der Waals surface area contributed by atoms with Gasteiger partial charge in [0, 0.05) is 24.2 Å². The molecule has 2 aromatic rings. The molecule has 0 saturated carbocycles. The minimum absolute atomic E-state index is 0. The van der Waals surface area contributed by atoms with Crippen molar-refractivity contribution in [2.75, 3.05) is 7.11 Å². The number of amides is 1. The molecule has 0 fully saturated rings. The van der Waals surface area contributed by atoms with E-state index in [2.05, 4.69) is 10.3 Å². The minimum atomic E-state index is -0.372. The zero-order chi connectivity index (χ0) is 15.9. The number of aromatic nitrogens is 1. The monoisotopic (exact) mass is 335 g/mol. The number of methoxy groups -OCH3 is 1. The van der Waals surface area contributed by atoms with Crippen molar-refractivity contribution in [3.05, 3.63) is 59.9 Å². The summed E-state index contributed by atoms with van der Waals surface area (Å²) < 4.78 is 5.41. The van der Waals surface area contributed by atoms with E-state index in [9.17, 15) is 4.79 Å². The number of nitrogens with one attached hydrogen (secondary N) is 1. The van der Waals surface area contributed by atoms with Gasteiger partial charge in [0.1, 0.15) is 5.75 Å². The van der Waals surface area contributed by atoms with Gasteiger partial charge in [-0.25, -0.2) is 0 Å². The van der Waals surface area contributed by atoms with Gasteiger partial charge in [-0.15, -0.1) is 12.4 Å². The number of ether oxygens (including phenoxy) is 1. The van der Waals surface area contributed by atoms with Gasteiger partial charge in [-0.1, -0.05) is 24.3 Å². The lowest BCUT2D eigenvalue weighted by molar-refractivity contribution is -0.121. The van der Waals surface area contributed by atoms with Crippen molar-refractivity contribution in [1.82, 2.24) is 10.3 Å². The molecule has 2 atom stereocenters. The van der Waals surface area contributed by atoms with E-state index in [1.807, 2.05) is 42.5 Å². The lowest BCUT2D eigenvalue weighted by Gasteiger charge is -2.21. The van der Waals surface area contributed by atoms with E-state index in [1.165, 1.54) is 0 Å². The van der Waals surface area contributed by atoms with Crippen LogP contribution in [0.4, 0.5) is 0 Å². The zero-order valence-corrected chi connectivity index (χ0v) is 14.0. The van der Waals surface area contributed by atoms with Gasteiger partial charge in [-0.2, -0.15) is 0 Å². The van der Waals surface area contributed by atoms with Gasteiger partial charge in [0.15, 0.2) is 0 Å². The Labute approximate surface area is 142 Å². The molecule has 1 amide bonds. The predicted molar refractivity (Wildman–Crippen MR) is 92.7 cm³/mol. The van der Waals surface area contributed by atoms with E-state index in [1.54, 1.807) is 20.2 Å². The summed E-state index contributed by atoms with van der Waals surface area (Å²) in [6.07, 6.45) is 1.97. The number of benzene rings is 1. The average molecular weight is 336 g/mol. The first kappa shape index (κ1) is 18.9. The molecular formula is C17H22ClN3O2. The van der Waals surface area contributed by atoms with Crippen molar-refractivity contribution in [1.29, 1.82) is 0 Å². The number of carbonyl (C=O) groups excluding carboxylic acids is 1. The Kier molecular flexibility index (Phi) is 7.51. The van der Waals surface area contributed by atoms with Crippen LogP contribution in [0.3, 0.4) is 0 Å². The molecule has 2 rings (SSSR count). The maximum absolute atomic E-state index is 12.2. The summed E-state index contributed by atoms with van der Waals surface area (Å²) in [5, 5.41) is 2.99. The number of rotatable bonds is 6. The first-order valence-corrected chi connectivity index (χ1v) is 7.20. The third kappa shape index (κ3) is 5.23. The molecule has 0 saturated heterocycles. The molecular weight excluding hydrogens is 314 g/mol. The summed E-state index contributed by atoms with van der Waals surface area (Å²) in [4.78, 5) is 16.5. The highest BCUT2D eigenvalue weighted by atomic mass is 35.5. The molecule has 1 heterocycles. The van der Waals surface area contributed by atoms with Crippen molar-refractivity contribution in [2.45, 2.75) is 25.4 Å². The number of hydrogen-bond acceptors (Lipinski definition) is 4. The summed E-state index contributed by atoms with van der Waals surface area (Å²) in [7, 11) is 1.61. The van der Waals surface area contributed by atoms with Crippen LogP contribution in [-0.4, -0.2) is 24.0 Å². The molecule has 0 bridgehead atoms. The van der Waals surface area contributed by atoms with Crippen LogP contribution in [0.1, 0.15) is 30.6 Å². The van der Waals surface area contributed by atoms with Gasteiger partial charge in [0.25, 0.3) is 0 Å². The van der Waals surface area contributed by atoms with Crippen LogP contribution in [0.25, 0.3) is 0 Å². The Bertz CT molecular complexity index is 620. The fraction of sp³-hybridized carbons (Fsp3) is 0.294. The number of hydrogen-bond donors (Lipinski definition) is 2. The van der Waals surface area contributed by atoms with Crippen molar-refractivity contribution in [2.24, 2.45) is 5.73 Å². The first-order chi connectivity index (χ1) is 10.6. The summed E-state index contributed by atoms with van der Waals surface area (Å²) in [6, 6.07) is 12.6. The van der Waals surface area contributed by atoms with Crippen molar-refractivity contribution in [3.8, 4) is 5.75 Å². The van der Waals surface area contributed by atoms with Gasteiger partial charge in [0.05, 0.1) is 18.8 Å². The molecule has 1 aromatic carbocycles. The Morgan fingerprint density at radius 3 is 2.57 bits per heavy atom. The lowest BCUT2D eigenvalue weighted by Crippen LogP contribution is -2.34. The molecule has 124 valence electrons. The maximum Gasteiger partial charge on any atom is 0.222 e. The SMILES string of the molecule is COc1ccccc1C(NC(=O)CC(C)N)c1ccccn1.Cl.